The second-order valence-corrected chi connectivity index (χ2v) is 20.9. The Kier molecular flexibility index (Phi) is 6.81. The number of ketones is 1. The van der Waals surface area contributed by atoms with Crippen LogP contribution in [0, 0.1) is 56.7 Å². The van der Waals surface area contributed by atoms with E-state index in [0.717, 1.165) is 74.7 Å². The number of carbonyl (C=O) groups is 1. The summed E-state index contributed by atoms with van der Waals surface area (Å²) in [5.41, 5.74) is -1.18. The number of hydrogen-bond donors (Lipinski definition) is 2. The molecule has 6 nitrogen and oxygen atoms in total. The van der Waals surface area contributed by atoms with Crippen molar-refractivity contribution in [3.8, 4) is 0 Å². The molecule has 7 heteroatoms. The van der Waals surface area contributed by atoms with E-state index in [4.69, 9.17) is 0 Å². The lowest BCUT2D eigenvalue weighted by atomic mass is 9.32. The van der Waals surface area contributed by atoms with Crippen LogP contribution < -0.4 is 0 Å². The number of aliphatic hydroxyl groups is 2. The first kappa shape index (κ1) is 32.1. The Balaban J connectivity index is 1.10. The summed E-state index contributed by atoms with van der Waals surface area (Å²) in [6.45, 7) is 5.31. The highest BCUT2D eigenvalue weighted by Crippen LogP contribution is 2.78. The van der Waals surface area contributed by atoms with Crippen LogP contribution in [0.4, 0.5) is 0 Å². The highest BCUT2D eigenvalue weighted by molar-refractivity contribution is 7.88. The first-order valence-electron chi connectivity index (χ1n) is 19.0. The maximum Gasteiger partial charge on any atom is 0.211 e. The highest BCUT2D eigenvalue weighted by atomic mass is 32.2. The molecule has 0 amide bonds. The van der Waals surface area contributed by atoms with Gasteiger partial charge in [-0.15, -0.1) is 0 Å². The van der Waals surface area contributed by atoms with E-state index in [1.165, 1.54) is 25.5 Å². The summed E-state index contributed by atoms with van der Waals surface area (Å²) in [7, 11) is -3.56. The maximum absolute atomic E-state index is 14.7. The molecule has 0 radical (unpaired) electrons. The number of Topliss-reactive ketones (excluding diaryl/α,β-unsaturated/α-hetero) is 1. The quantitative estimate of drug-likeness (QED) is 0.242. The van der Waals surface area contributed by atoms with Gasteiger partial charge in [-0.1, -0.05) is 62.4 Å². The SMILES string of the molecule is C[C@]12CC[C@H]3[C@]4(C=C[C@@]5(C=C4C(=O)c4ccccc4)CC(O)CC[C@]35C)[C@@H]1CC[C@@]2(O)CN(CC12CC3CC(CC(C3)C1)C2)S(C)(=O)=O. The first-order valence-corrected chi connectivity index (χ1v) is 20.9. The molecule has 8 atom stereocenters. The van der Waals surface area contributed by atoms with Gasteiger partial charge in [-0.25, -0.2) is 8.42 Å². The predicted octanol–water partition coefficient (Wildman–Crippen LogP) is 6.94. The molecule has 0 aromatic heterocycles. The lowest BCUT2D eigenvalue weighted by Crippen LogP contribution is -2.67. The van der Waals surface area contributed by atoms with Gasteiger partial charge in [-0.2, -0.15) is 4.31 Å². The summed E-state index contributed by atoms with van der Waals surface area (Å²) in [5.74, 6) is 2.48. The Hall–Kier alpha value is -1.80. The zero-order valence-corrected chi connectivity index (χ0v) is 30.0. The van der Waals surface area contributed by atoms with Gasteiger partial charge in [0.05, 0.1) is 18.0 Å². The van der Waals surface area contributed by atoms with Crippen molar-refractivity contribution < 1.29 is 23.4 Å². The van der Waals surface area contributed by atoms with E-state index in [-0.39, 0.29) is 46.5 Å². The summed E-state index contributed by atoms with van der Waals surface area (Å²) in [5, 5.41) is 24.0. The van der Waals surface area contributed by atoms with Crippen molar-refractivity contribution in [2.24, 2.45) is 56.7 Å². The van der Waals surface area contributed by atoms with Gasteiger partial charge in [0, 0.05) is 40.5 Å². The van der Waals surface area contributed by atoms with E-state index in [2.05, 4.69) is 32.1 Å². The molecule has 2 spiro atoms. The maximum atomic E-state index is 14.7. The molecule has 7 fully saturated rings. The lowest BCUT2D eigenvalue weighted by Gasteiger charge is -2.71. The number of nitrogens with zero attached hydrogens (tertiary/aromatic N) is 1. The number of aliphatic hydroxyl groups excluding tert-OH is 1. The molecule has 2 N–H and O–H groups in total. The van der Waals surface area contributed by atoms with Crippen molar-refractivity contribution in [2.75, 3.05) is 19.3 Å². The fourth-order valence-corrected chi connectivity index (χ4v) is 15.7. The summed E-state index contributed by atoms with van der Waals surface area (Å²) in [6.07, 6.45) is 20.6. The molecule has 0 aliphatic heterocycles. The van der Waals surface area contributed by atoms with E-state index >= 15 is 0 Å². The average molecular weight is 674 g/mol. The summed E-state index contributed by atoms with van der Waals surface area (Å²) >= 11 is 0. The van der Waals surface area contributed by atoms with Crippen LogP contribution in [-0.4, -0.2) is 59.8 Å². The number of allylic oxidation sites excluding steroid dienone is 4. The van der Waals surface area contributed by atoms with Crippen molar-refractivity contribution in [1.29, 1.82) is 0 Å². The molecule has 0 heterocycles. The van der Waals surface area contributed by atoms with Crippen LogP contribution in [0.1, 0.15) is 108 Å². The largest absolute Gasteiger partial charge is 0.393 e. The summed E-state index contributed by atoms with van der Waals surface area (Å²) in [6, 6.07) is 9.62. The number of rotatable bonds is 7. The van der Waals surface area contributed by atoms with Crippen LogP contribution in [-0.2, 0) is 10.0 Å². The fraction of sp³-hybridized carbons (Fsp3) is 0.732. The molecular weight excluding hydrogens is 619 g/mol. The van der Waals surface area contributed by atoms with Crippen molar-refractivity contribution in [2.45, 2.75) is 109 Å². The van der Waals surface area contributed by atoms with Gasteiger partial charge in [0.2, 0.25) is 10.0 Å². The van der Waals surface area contributed by atoms with Gasteiger partial charge in [-0.05, 0) is 124 Å². The van der Waals surface area contributed by atoms with Crippen LogP contribution in [0.5, 0.6) is 0 Å². The predicted molar refractivity (Wildman–Crippen MR) is 186 cm³/mol. The van der Waals surface area contributed by atoms with Crippen molar-refractivity contribution in [1.82, 2.24) is 4.31 Å². The van der Waals surface area contributed by atoms with E-state index in [0.29, 0.717) is 24.9 Å². The molecule has 0 saturated heterocycles. The number of benzene rings is 1. The first-order chi connectivity index (χ1) is 22.6. The Labute approximate surface area is 287 Å². The van der Waals surface area contributed by atoms with Gasteiger partial charge in [0.1, 0.15) is 0 Å². The second-order valence-electron chi connectivity index (χ2n) is 19.0. The zero-order chi connectivity index (χ0) is 33.5. The third-order valence-corrected chi connectivity index (χ3v) is 17.8. The van der Waals surface area contributed by atoms with Crippen LogP contribution in [0.2, 0.25) is 0 Å². The molecule has 6 bridgehead atoms. The number of hydrogen-bond acceptors (Lipinski definition) is 5. The average Bonchev–Trinajstić information content (AvgIpc) is 3.29. The van der Waals surface area contributed by atoms with Crippen LogP contribution >= 0.6 is 0 Å². The van der Waals surface area contributed by atoms with Gasteiger partial charge >= 0.3 is 0 Å². The van der Waals surface area contributed by atoms with E-state index in [1.807, 2.05) is 30.3 Å². The number of carbonyl (C=O) groups excluding carboxylic acids is 1. The Morgan fingerprint density at radius 2 is 1.44 bits per heavy atom. The van der Waals surface area contributed by atoms with Crippen molar-refractivity contribution >= 4 is 15.8 Å². The van der Waals surface area contributed by atoms with Crippen molar-refractivity contribution in [3.05, 3.63) is 59.7 Å². The zero-order valence-electron chi connectivity index (χ0n) is 29.2. The lowest BCUT2D eigenvalue weighted by molar-refractivity contribution is -0.175. The molecule has 1 aromatic carbocycles. The van der Waals surface area contributed by atoms with Gasteiger partial charge in [-0.3, -0.25) is 4.79 Å². The third-order valence-electron chi connectivity index (χ3n) is 16.6. The second kappa shape index (κ2) is 10.2. The molecule has 48 heavy (non-hydrogen) atoms. The standard InChI is InChI=1S/C41H55NO5S/c1-36-12-9-31(43)23-39(36)15-16-41(32(24-39)35(44)30-7-5-4-6-8-30)33(36)10-13-37(2)34(41)11-14-40(37,45)26-42(48(3,46)47)25-38-20-27-17-28(21-38)19-29(18-27)22-38/h4-8,15-16,24,27-29,31,33-34,43,45H,9-14,17-23,25-26H2,1-3H3/t27?,28?,29?,31?,33-,34-,36-,37+,38?,39+,40-,41-/m1/s1. The minimum Gasteiger partial charge on any atom is -0.393 e. The van der Waals surface area contributed by atoms with Crippen LogP contribution in [0.25, 0.3) is 0 Å². The summed E-state index contributed by atoms with van der Waals surface area (Å²) < 4.78 is 29.0. The van der Waals surface area contributed by atoms with Gasteiger partial charge in [0.25, 0.3) is 0 Å². The molecule has 7 saturated carbocycles. The number of sulfonamides is 1. The van der Waals surface area contributed by atoms with Crippen LogP contribution in [0.3, 0.4) is 0 Å². The number of fused-ring (bicyclic) bond motifs is 1. The Morgan fingerprint density at radius 3 is 2.08 bits per heavy atom. The molecular formula is C41H55NO5S. The molecule has 10 aliphatic rings. The van der Waals surface area contributed by atoms with E-state index in [9.17, 15) is 23.4 Å². The molecule has 10 aliphatic carbocycles. The Morgan fingerprint density at radius 1 is 0.833 bits per heavy atom. The monoisotopic (exact) mass is 673 g/mol. The molecule has 11 rings (SSSR count). The minimum atomic E-state index is -3.56. The highest BCUT2D eigenvalue weighted by Gasteiger charge is 2.74. The fourth-order valence-electron chi connectivity index (χ4n) is 14.8. The molecule has 1 unspecified atom stereocenters. The minimum absolute atomic E-state index is 0.00634. The van der Waals surface area contributed by atoms with Gasteiger partial charge < -0.3 is 10.2 Å². The van der Waals surface area contributed by atoms with E-state index in [1.54, 1.807) is 4.31 Å². The normalized spacial score (nSPS) is 49.8. The van der Waals surface area contributed by atoms with Crippen LogP contribution in [0.15, 0.2) is 54.1 Å². The third kappa shape index (κ3) is 4.20. The van der Waals surface area contributed by atoms with Crippen molar-refractivity contribution in [3.63, 3.8) is 0 Å². The Bertz CT molecular complexity index is 1670. The molecule has 260 valence electrons. The smallest absolute Gasteiger partial charge is 0.211 e. The molecule has 1 aromatic rings. The van der Waals surface area contributed by atoms with E-state index < -0.39 is 26.5 Å². The van der Waals surface area contributed by atoms with Gasteiger partial charge in [0.15, 0.2) is 5.78 Å². The summed E-state index contributed by atoms with van der Waals surface area (Å²) in [4.78, 5) is 14.7. The topological polar surface area (TPSA) is 94.9 Å².